The number of hydrogen-bond acceptors (Lipinski definition) is 3. The third-order valence-electron chi connectivity index (χ3n) is 2.85. The van der Waals surface area contributed by atoms with E-state index >= 15 is 0 Å². The normalized spacial score (nSPS) is 22.9. The maximum atomic E-state index is 5.68. The van der Waals surface area contributed by atoms with Gasteiger partial charge in [0.25, 0.3) is 0 Å². The molecular weight excluding hydrogens is 176 g/mol. The van der Waals surface area contributed by atoms with Gasteiger partial charge in [0.1, 0.15) is 0 Å². The van der Waals surface area contributed by atoms with Gasteiger partial charge in [-0.3, -0.25) is 0 Å². The summed E-state index contributed by atoms with van der Waals surface area (Å²) >= 11 is 0. The average Bonchev–Trinajstić information content (AvgIpc) is 2.20. The van der Waals surface area contributed by atoms with E-state index in [-0.39, 0.29) is 0 Å². The van der Waals surface area contributed by atoms with E-state index in [9.17, 15) is 0 Å². The minimum absolute atomic E-state index is 0.537. The molecule has 1 unspecified atom stereocenters. The molecule has 1 heterocycles. The van der Waals surface area contributed by atoms with Crippen LogP contribution >= 0.6 is 0 Å². The summed E-state index contributed by atoms with van der Waals surface area (Å²) < 4.78 is 5.68. The van der Waals surface area contributed by atoms with Crippen molar-refractivity contribution in [2.24, 2.45) is 5.73 Å². The Balaban J connectivity index is 1.96. The molecule has 3 heteroatoms. The second kappa shape index (κ2) is 7.21. The Hall–Kier alpha value is -0.120. The minimum atomic E-state index is 0.537. The maximum absolute atomic E-state index is 5.68. The number of rotatable bonds is 6. The van der Waals surface area contributed by atoms with Crippen molar-refractivity contribution >= 4 is 0 Å². The molecule has 1 rings (SSSR count). The summed E-state index contributed by atoms with van der Waals surface area (Å²) in [5.74, 6) is 0. The molecule has 14 heavy (non-hydrogen) atoms. The molecule has 1 aliphatic rings. The van der Waals surface area contributed by atoms with Crippen LogP contribution in [0.2, 0.25) is 0 Å². The molecule has 0 radical (unpaired) electrons. The third-order valence-corrected chi connectivity index (χ3v) is 2.85. The zero-order valence-corrected chi connectivity index (χ0v) is 9.37. The fourth-order valence-corrected chi connectivity index (χ4v) is 1.96. The van der Waals surface area contributed by atoms with E-state index in [4.69, 9.17) is 10.5 Å². The Bertz CT molecular complexity index is 135. The van der Waals surface area contributed by atoms with E-state index in [0.717, 1.165) is 26.2 Å². The van der Waals surface area contributed by atoms with E-state index in [0.29, 0.717) is 6.10 Å². The first-order valence-corrected chi connectivity index (χ1v) is 5.83. The predicted octanol–water partition coefficient (Wildman–Crippen LogP) is 1.23. The van der Waals surface area contributed by atoms with Gasteiger partial charge < -0.3 is 15.4 Å². The van der Waals surface area contributed by atoms with Crippen LogP contribution in [0.3, 0.4) is 0 Å². The summed E-state index contributed by atoms with van der Waals surface area (Å²) in [7, 11) is 2.13. The summed E-state index contributed by atoms with van der Waals surface area (Å²) in [4.78, 5) is 2.29. The molecule has 1 atom stereocenters. The molecule has 0 aromatic rings. The molecular formula is C11H24N2O. The molecule has 1 aliphatic heterocycles. The highest BCUT2D eigenvalue weighted by atomic mass is 16.5. The largest absolute Gasteiger partial charge is 0.378 e. The third kappa shape index (κ3) is 4.94. The molecule has 0 saturated carbocycles. The summed E-state index contributed by atoms with van der Waals surface area (Å²) in [6.45, 7) is 3.89. The lowest BCUT2D eigenvalue weighted by Gasteiger charge is -2.23. The molecule has 0 spiro atoms. The molecule has 1 saturated heterocycles. The quantitative estimate of drug-likeness (QED) is 0.701. The Morgan fingerprint density at radius 1 is 1.36 bits per heavy atom. The Morgan fingerprint density at radius 2 is 2.21 bits per heavy atom. The highest BCUT2D eigenvalue weighted by Crippen LogP contribution is 2.16. The number of likely N-dealkylation sites (N-methyl/N-ethyl adjacent to an activating group) is 1. The van der Waals surface area contributed by atoms with E-state index in [1.165, 1.54) is 32.1 Å². The van der Waals surface area contributed by atoms with Crippen molar-refractivity contribution < 1.29 is 4.74 Å². The highest BCUT2D eigenvalue weighted by molar-refractivity contribution is 4.64. The van der Waals surface area contributed by atoms with Crippen LogP contribution in [-0.2, 0) is 4.74 Å². The average molecular weight is 200 g/mol. The van der Waals surface area contributed by atoms with Crippen molar-refractivity contribution in [3.8, 4) is 0 Å². The lowest BCUT2D eigenvalue weighted by atomic mass is 10.0. The first kappa shape index (κ1) is 12.0. The van der Waals surface area contributed by atoms with Crippen molar-refractivity contribution in [2.45, 2.75) is 38.2 Å². The predicted molar refractivity (Wildman–Crippen MR) is 59.4 cm³/mol. The molecule has 0 aromatic heterocycles. The Morgan fingerprint density at radius 3 is 2.86 bits per heavy atom. The first-order valence-electron chi connectivity index (χ1n) is 5.83. The van der Waals surface area contributed by atoms with Gasteiger partial charge in [-0.05, 0) is 45.7 Å². The van der Waals surface area contributed by atoms with Gasteiger partial charge in [0.15, 0.2) is 0 Å². The van der Waals surface area contributed by atoms with Crippen LogP contribution in [0, 0.1) is 0 Å². The van der Waals surface area contributed by atoms with Crippen LogP contribution in [0.5, 0.6) is 0 Å². The van der Waals surface area contributed by atoms with Crippen molar-refractivity contribution in [1.29, 1.82) is 0 Å². The summed E-state index contributed by atoms with van der Waals surface area (Å²) in [5, 5.41) is 0. The Kier molecular flexibility index (Phi) is 6.15. The van der Waals surface area contributed by atoms with Gasteiger partial charge in [-0.25, -0.2) is 0 Å². The molecule has 3 nitrogen and oxygen atoms in total. The second-order valence-electron chi connectivity index (χ2n) is 4.22. The van der Waals surface area contributed by atoms with Crippen LogP contribution in [0.1, 0.15) is 32.1 Å². The zero-order valence-electron chi connectivity index (χ0n) is 9.37. The molecule has 0 amide bonds. The van der Waals surface area contributed by atoms with E-state index in [1.807, 2.05) is 0 Å². The SMILES string of the molecule is CN(CCN)CCCC1CCCCO1. The molecule has 0 aliphatic carbocycles. The van der Waals surface area contributed by atoms with Crippen molar-refractivity contribution in [3.63, 3.8) is 0 Å². The van der Waals surface area contributed by atoms with Crippen LogP contribution in [0.25, 0.3) is 0 Å². The zero-order chi connectivity index (χ0) is 10.2. The number of nitrogens with zero attached hydrogens (tertiary/aromatic N) is 1. The lowest BCUT2D eigenvalue weighted by molar-refractivity contribution is 0.00903. The van der Waals surface area contributed by atoms with Crippen LogP contribution in [0.15, 0.2) is 0 Å². The summed E-state index contributed by atoms with van der Waals surface area (Å²) in [5.41, 5.74) is 5.48. The lowest BCUT2D eigenvalue weighted by Crippen LogP contribution is -2.27. The van der Waals surface area contributed by atoms with Gasteiger partial charge >= 0.3 is 0 Å². The number of ether oxygens (including phenoxy) is 1. The fraction of sp³-hybridized carbons (Fsp3) is 1.00. The van der Waals surface area contributed by atoms with Crippen LogP contribution in [0.4, 0.5) is 0 Å². The maximum Gasteiger partial charge on any atom is 0.0575 e. The van der Waals surface area contributed by atoms with E-state index in [1.54, 1.807) is 0 Å². The second-order valence-corrected chi connectivity index (χ2v) is 4.22. The van der Waals surface area contributed by atoms with Gasteiger partial charge in [-0.2, -0.15) is 0 Å². The number of nitrogens with two attached hydrogens (primary N) is 1. The molecule has 2 N–H and O–H groups in total. The van der Waals surface area contributed by atoms with Crippen molar-refractivity contribution in [1.82, 2.24) is 4.90 Å². The van der Waals surface area contributed by atoms with E-state index in [2.05, 4.69) is 11.9 Å². The van der Waals surface area contributed by atoms with Gasteiger partial charge in [0, 0.05) is 19.7 Å². The van der Waals surface area contributed by atoms with Gasteiger partial charge in [-0.15, -0.1) is 0 Å². The molecule has 84 valence electrons. The monoisotopic (exact) mass is 200 g/mol. The van der Waals surface area contributed by atoms with E-state index < -0.39 is 0 Å². The smallest absolute Gasteiger partial charge is 0.0575 e. The number of hydrogen-bond donors (Lipinski definition) is 1. The standard InChI is InChI=1S/C11H24N2O/c1-13(9-7-12)8-4-6-11-5-2-3-10-14-11/h11H,2-10,12H2,1H3. The van der Waals surface area contributed by atoms with Crippen molar-refractivity contribution in [3.05, 3.63) is 0 Å². The molecule has 0 aromatic carbocycles. The summed E-state index contributed by atoms with van der Waals surface area (Å²) in [6, 6.07) is 0. The topological polar surface area (TPSA) is 38.5 Å². The Labute approximate surface area is 87.6 Å². The van der Waals surface area contributed by atoms with Gasteiger partial charge in [-0.1, -0.05) is 0 Å². The first-order chi connectivity index (χ1) is 6.83. The summed E-state index contributed by atoms with van der Waals surface area (Å²) in [6.07, 6.45) is 6.86. The van der Waals surface area contributed by atoms with Gasteiger partial charge in [0.05, 0.1) is 6.10 Å². The minimum Gasteiger partial charge on any atom is -0.378 e. The van der Waals surface area contributed by atoms with Crippen molar-refractivity contribution in [2.75, 3.05) is 33.3 Å². The fourth-order valence-electron chi connectivity index (χ4n) is 1.96. The molecule has 1 fully saturated rings. The highest BCUT2D eigenvalue weighted by Gasteiger charge is 2.13. The van der Waals surface area contributed by atoms with Crippen LogP contribution in [-0.4, -0.2) is 44.3 Å². The molecule has 0 bridgehead atoms. The van der Waals surface area contributed by atoms with Crippen LogP contribution < -0.4 is 5.73 Å². The van der Waals surface area contributed by atoms with Gasteiger partial charge in [0.2, 0.25) is 0 Å².